The lowest BCUT2D eigenvalue weighted by Gasteiger charge is -2.34. The average Bonchev–Trinajstić information content (AvgIpc) is 2.55. The third-order valence-electron chi connectivity index (χ3n) is 3.77. The second-order valence-corrected chi connectivity index (χ2v) is 5.70. The summed E-state index contributed by atoms with van der Waals surface area (Å²) in [7, 11) is 3.76. The number of piperazine rings is 1. The van der Waals surface area contributed by atoms with E-state index < -0.39 is 0 Å². The molecular weight excluding hydrogens is 296 g/mol. The molecule has 1 aliphatic heterocycles. The number of nitrogens with one attached hydrogen (secondary N) is 1. The maximum Gasteiger partial charge on any atom is 0.226 e. The molecule has 1 aromatic heterocycles. The van der Waals surface area contributed by atoms with Crippen LogP contribution in [0.1, 0.15) is 13.3 Å². The first-order valence-corrected chi connectivity index (χ1v) is 7.75. The lowest BCUT2D eigenvalue weighted by atomic mass is 10.2. The third-order valence-corrected chi connectivity index (χ3v) is 3.77. The number of nitrogens with zero attached hydrogens (tertiary/aromatic N) is 5. The first-order valence-electron chi connectivity index (χ1n) is 7.75. The number of rotatable bonds is 5. The molecule has 23 heavy (non-hydrogen) atoms. The van der Waals surface area contributed by atoms with E-state index in [1.165, 1.54) is 0 Å². The Morgan fingerprint density at radius 1 is 1.22 bits per heavy atom. The van der Waals surface area contributed by atoms with Crippen molar-refractivity contribution in [1.82, 2.24) is 19.8 Å². The van der Waals surface area contributed by atoms with Gasteiger partial charge in [-0.25, -0.2) is 4.98 Å². The number of carbonyl (C=O) groups is 2. The highest BCUT2D eigenvalue weighted by atomic mass is 16.2. The van der Waals surface area contributed by atoms with E-state index in [1.54, 1.807) is 24.1 Å². The van der Waals surface area contributed by atoms with Crippen LogP contribution in [0.3, 0.4) is 0 Å². The van der Waals surface area contributed by atoms with Gasteiger partial charge in [-0.3, -0.25) is 9.59 Å². The van der Waals surface area contributed by atoms with Crippen LogP contribution in [0.4, 0.5) is 11.8 Å². The predicted octanol–water partition coefficient (Wildman–Crippen LogP) is 0.0353. The van der Waals surface area contributed by atoms with E-state index in [0.29, 0.717) is 50.9 Å². The largest absolute Gasteiger partial charge is 0.369 e. The van der Waals surface area contributed by atoms with Crippen LogP contribution in [0.15, 0.2) is 12.3 Å². The summed E-state index contributed by atoms with van der Waals surface area (Å²) >= 11 is 0. The summed E-state index contributed by atoms with van der Waals surface area (Å²) in [6.45, 7) is 4.54. The maximum atomic E-state index is 12.2. The molecule has 0 unspecified atom stereocenters. The summed E-state index contributed by atoms with van der Waals surface area (Å²) in [4.78, 5) is 37.4. The van der Waals surface area contributed by atoms with Crippen LogP contribution < -0.4 is 10.2 Å². The first kappa shape index (κ1) is 17.0. The van der Waals surface area contributed by atoms with Crippen LogP contribution in [0.25, 0.3) is 0 Å². The maximum absolute atomic E-state index is 12.2. The Labute approximate surface area is 136 Å². The van der Waals surface area contributed by atoms with Crippen LogP contribution in [-0.2, 0) is 9.59 Å². The van der Waals surface area contributed by atoms with Gasteiger partial charge in [0.1, 0.15) is 5.82 Å². The predicted molar refractivity (Wildman–Crippen MR) is 88.3 cm³/mol. The van der Waals surface area contributed by atoms with Crippen LogP contribution in [0.2, 0.25) is 0 Å². The Kier molecular flexibility index (Phi) is 5.72. The minimum Gasteiger partial charge on any atom is -0.369 e. The van der Waals surface area contributed by atoms with E-state index >= 15 is 0 Å². The molecule has 0 spiro atoms. The molecule has 1 saturated heterocycles. The van der Waals surface area contributed by atoms with Gasteiger partial charge in [-0.15, -0.1) is 0 Å². The second-order valence-electron chi connectivity index (χ2n) is 5.70. The molecule has 2 heterocycles. The third kappa shape index (κ3) is 4.80. The topological polar surface area (TPSA) is 81.7 Å². The summed E-state index contributed by atoms with van der Waals surface area (Å²) in [5, 5.41) is 3.15. The fourth-order valence-corrected chi connectivity index (χ4v) is 2.39. The molecule has 0 atom stereocenters. The van der Waals surface area contributed by atoms with Gasteiger partial charge < -0.3 is 20.0 Å². The zero-order valence-corrected chi connectivity index (χ0v) is 13.9. The summed E-state index contributed by atoms with van der Waals surface area (Å²) in [5.74, 6) is 1.50. The molecule has 1 fully saturated rings. The van der Waals surface area contributed by atoms with E-state index in [4.69, 9.17) is 0 Å². The van der Waals surface area contributed by atoms with Crippen LogP contribution in [-0.4, -0.2) is 78.4 Å². The van der Waals surface area contributed by atoms with E-state index in [9.17, 15) is 9.59 Å². The van der Waals surface area contributed by atoms with Crippen LogP contribution in [0, 0.1) is 0 Å². The minimum atomic E-state index is 0.0687. The number of amides is 2. The summed E-state index contributed by atoms with van der Waals surface area (Å²) < 4.78 is 0. The Morgan fingerprint density at radius 2 is 1.87 bits per heavy atom. The average molecular weight is 320 g/mol. The molecule has 2 amide bonds. The number of hydrogen-bond donors (Lipinski definition) is 1. The van der Waals surface area contributed by atoms with Gasteiger partial charge in [-0.1, -0.05) is 0 Å². The van der Waals surface area contributed by atoms with Gasteiger partial charge in [0.05, 0.1) is 0 Å². The summed E-state index contributed by atoms with van der Waals surface area (Å²) in [6, 6.07) is 1.78. The molecule has 8 nitrogen and oxygen atoms in total. The van der Waals surface area contributed by atoms with Crippen molar-refractivity contribution in [2.24, 2.45) is 0 Å². The fraction of sp³-hybridized carbons (Fsp3) is 0.600. The minimum absolute atomic E-state index is 0.0687. The van der Waals surface area contributed by atoms with E-state index in [-0.39, 0.29) is 11.8 Å². The van der Waals surface area contributed by atoms with Gasteiger partial charge in [0.25, 0.3) is 0 Å². The van der Waals surface area contributed by atoms with E-state index in [1.807, 2.05) is 23.9 Å². The van der Waals surface area contributed by atoms with Gasteiger partial charge >= 0.3 is 0 Å². The number of anilines is 2. The highest BCUT2D eigenvalue weighted by Gasteiger charge is 2.21. The lowest BCUT2D eigenvalue weighted by molar-refractivity contribution is -0.138. The molecule has 0 radical (unpaired) electrons. The van der Waals surface area contributed by atoms with Crippen molar-refractivity contribution in [3.63, 3.8) is 0 Å². The molecular formula is C15H24N6O2. The van der Waals surface area contributed by atoms with Crippen molar-refractivity contribution in [3.05, 3.63) is 12.3 Å². The standard InChI is InChI=1S/C15H24N6O2/c1-12(22)20-8-10-21(11-9-20)14(23)5-7-16-13-4-6-17-15(18-13)19(2)3/h4,6H,5,7-11H2,1-3H3,(H,16,17,18). The van der Waals surface area contributed by atoms with Crippen molar-refractivity contribution in [1.29, 1.82) is 0 Å². The molecule has 2 rings (SSSR count). The van der Waals surface area contributed by atoms with Gasteiger partial charge in [0.15, 0.2) is 0 Å². The number of hydrogen-bond acceptors (Lipinski definition) is 6. The van der Waals surface area contributed by atoms with Crippen molar-refractivity contribution >= 4 is 23.6 Å². The van der Waals surface area contributed by atoms with E-state index in [2.05, 4.69) is 15.3 Å². The Bertz CT molecular complexity index is 555. The van der Waals surface area contributed by atoms with Gasteiger partial charge in [-0.2, -0.15) is 4.98 Å². The Hall–Kier alpha value is -2.38. The van der Waals surface area contributed by atoms with Gasteiger partial charge in [0.2, 0.25) is 17.8 Å². The molecule has 0 aliphatic carbocycles. The Balaban J connectivity index is 1.75. The molecule has 1 aromatic rings. The molecule has 0 saturated carbocycles. The summed E-state index contributed by atoms with van der Waals surface area (Å²) in [5.41, 5.74) is 0. The summed E-state index contributed by atoms with van der Waals surface area (Å²) in [6.07, 6.45) is 2.09. The fourth-order valence-electron chi connectivity index (χ4n) is 2.39. The van der Waals surface area contributed by atoms with Crippen molar-refractivity contribution in [2.45, 2.75) is 13.3 Å². The zero-order chi connectivity index (χ0) is 16.8. The quantitative estimate of drug-likeness (QED) is 0.825. The highest BCUT2D eigenvalue weighted by molar-refractivity contribution is 5.77. The molecule has 126 valence electrons. The van der Waals surface area contributed by atoms with Crippen molar-refractivity contribution < 1.29 is 9.59 Å². The molecule has 1 N–H and O–H groups in total. The number of aromatic nitrogens is 2. The SMILES string of the molecule is CC(=O)N1CCN(C(=O)CCNc2ccnc(N(C)C)n2)CC1. The molecule has 0 bridgehead atoms. The van der Waals surface area contributed by atoms with Gasteiger partial charge in [-0.05, 0) is 6.07 Å². The molecule has 0 aromatic carbocycles. The highest BCUT2D eigenvalue weighted by Crippen LogP contribution is 2.08. The Morgan fingerprint density at radius 3 is 2.48 bits per heavy atom. The zero-order valence-electron chi connectivity index (χ0n) is 13.9. The van der Waals surface area contributed by atoms with Crippen LogP contribution >= 0.6 is 0 Å². The van der Waals surface area contributed by atoms with Crippen LogP contribution in [0.5, 0.6) is 0 Å². The van der Waals surface area contributed by atoms with Gasteiger partial charge in [0, 0.05) is 66.4 Å². The molecule has 8 heteroatoms. The molecule has 1 aliphatic rings. The van der Waals surface area contributed by atoms with E-state index in [0.717, 1.165) is 0 Å². The smallest absolute Gasteiger partial charge is 0.226 e. The lowest BCUT2D eigenvalue weighted by Crippen LogP contribution is -2.50. The van der Waals surface area contributed by atoms with Crippen molar-refractivity contribution in [3.8, 4) is 0 Å². The second kappa shape index (κ2) is 7.75. The normalized spacial score (nSPS) is 14.6. The first-order chi connectivity index (χ1) is 11.0. The monoisotopic (exact) mass is 320 g/mol. The van der Waals surface area contributed by atoms with Crippen molar-refractivity contribution in [2.75, 3.05) is 57.0 Å². The number of carbonyl (C=O) groups excluding carboxylic acids is 2.